The number of allylic oxidation sites excluding steroid dienone is 4. The van der Waals surface area contributed by atoms with Gasteiger partial charge < -0.3 is 42.8 Å². The number of fused-ring (bicyclic) bond motifs is 5. The monoisotopic (exact) mass is 759 g/mol. The Labute approximate surface area is 324 Å². The van der Waals surface area contributed by atoms with E-state index in [2.05, 4.69) is 51.9 Å². The van der Waals surface area contributed by atoms with Crippen molar-refractivity contribution in [1.82, 2.24) is 4.90 Å². The topological polar surface area (TPSA) is 111 Å². The third-order valence-corrected chi connectivity index (χ3v) is 13.7. The van der Waals surface area contributed by atoms with Gasteiger partial charge in [-0.3, -0.25) is 9.59 Å². The molecule has 6 rings (SSSR count). The van der Waals surface area contributed by atoms with Gasteiger partial charge in [0.15, 0.2) is 18.4 Å². The van der Waals surface area contributed by atoms with Gasteiger partial charge in [-0.1, -0.05) is 31.6 Å². The Kier molecular flexibility index (Phi) is 14.2. The highest BCUT2D eigenvalue weighted by Crippen LogP contribution is 2.56. The summed E-state index contributed by atoms with van der Waals surface area (Å²) in [5, 5.41) is 0. The zero-order valence-corrected chi connectivity index (χ0v) is 34.6. The Bertz CT molecular complexity index is 1350. The molecule has 0 aromatic heterocycles. The number of ether oxygens (including phenoxy) is 8. The highest BCUT2D eigenvalue weighted by molar-refractivity contribution is 5.99. The fourth-order valence-corrected chi connectivity index (χ4v) is 10.9. The molecule has 1 saturated carbocycles. The minimum absolute atomic E-state index is 0.0361. The van der Waals surface area contributed by atoms with Crippen LogP contribution in [0.15, 0.2) is 23.3 Å². The number of hydrogen-bond acceptors (Lipinski definition) is 11. The molecule has 11 heteroatoms. The predicted octanol–water partition coefficient (Wildman–Crippen LogP) is 6.27. The normalized spacial score (nSPS) is 44.7. The highest BCUT2D eigenvalue weighted by atomic mass is 16.7. The zero-order chi connectivity index (χ0) is 38.8. The zero-order valence-electron chi connectivity index (χ0n) is 34.6. The quantitative estimate of drug-likeness (QED) is 0.186. The van der Waals surface area contributed by atoms with Gasteiger partial charge in [-0.05, 0) is 122 Å². The summed E-state index contributed by atoms with van der Waals surface area (Å²) < 4.78 is 50.3. The molecule has 4 fully saturated rings. The molecule has 54 heavy (non-hydrogen) atoms. The first-order chi connectivity index (χ1) is 25.9. The van der Waals surface area contributed by atoms with Crippen LogP contribution in [0.2, 0.25) is 0 Å². The van der Waals surface area contributed by atoms with Crippen LogP contribution in [0.25, 0.3) is 0 Å². The molecule has 3 heterocycles. The Morgan fingerprint density at radius 3 is 2.26 bits per heavy atom. The van der Waals surface area contributed by atoms with E-state index in [4.69, 9.17) is 37.9 Å². The van der Waals surface area contributed by atoms with Gasteiger partial charge in [0.2, 0.25) is 0 Å². The largest absolute Gasteiger partial charge is 0.462 e. The number of hydrogen-bond donors (Lipinski definition) is 0. The van der Waals surface area contributed by atoms with Gasteiger partial charge in [0.25, 0.3) is 0 Å². The first kappa shape index (κ1) is 41.9. The van der Waals surface area contributed by atoms with Crippen LogP contribution in [-0.4, -0.2) is 119 Å². The predicted molar refractivity (Wildman–Crippen MR) is 203 cm³/mol. The molecule has 0 bridgehead atoms. The molecular formula is C43H69NO10. The Hall–Kier alpha value is -1.70. The van der Waals surface area contributed by atoms with E-state index in [0.29, 0.717) is 25.0 Å². The smallest absolute Gasteiger partial charge is 0.306 e. The van der Waals surface area contributed by atoms with Crippen molar-refractivity contribution in [2.75, 3.05) is 34.9 Å². The molecule has 0 amide bonds. The van der Waals surface area contributed by atoms with Crippen LogP contribution in [0.5, 0.6) is 0 Å². The molecule has 3 saturated heterocycles. The summed E-state index contributed by atoms with van der Waals surface area (Å²) in [6, 6.07) is 0.337. The van der Waals surface area contributed by atoms with Crippen LogP contribution >= 0.6 is 0 Å². The summed E-state index contributed by atoms with van der Waals surface area (Å²) in [7, 11) is 7.53. The number of methoxy groups -OCH3 is 2. The number of likely N-dealkylation sites (N-methyl/N-ethyl adjacent to an activating group) is 1. The number of Topliss-reactive ketones (excluding diaryl/α,β-unsaturated/α-hetero) is 1. The standard InChI is InChI=1S/C43H69NO10/c1-11-27-14-13-15-36(54-38-17-16-35(44(7)8)25(5)50-38)24(4)39(46)34-21-32-30(33(34)22-37(45)52-27)18-23(3)29-19-28(20-31(29)32)53-43-42(48-10)41(49-12-2)40(47-9)26(6)51-43/h18,21,24-33,35-36,38,40-43H,11-17,19-20,22H2,1-10H3/t24-,25-,26+,27+,28-,29+,30-,31-,32-,33+,35+,36+,38+,40?,41-,42-,43+/m1/s1. The second kappa shape index (κ2) is 18.3. The fourth-order valence-electron chi connectivity index (χ4n) is 10.9. The van der Waals surface area contributed by atoms with Crippen molar-refractivity contribution in [3.63, 3.8) is 0 Å². The fraction of sp³-hybridized carbons (Fsp3) is 0.860. The highest BCUT2D eigenvalue weighted by Gasteiger charge is 2.54. The number of rotatable bonds is 10. The van der Waals surface area contributed by atoms with Crippen LogP contribution in [0.1, 0.15) is 99.3 Å². The minimum atomic E-state index is -0.597. The maximum atomic E-state index is 14.8. The molecule has 0 aromatic rings. The van der Waals surface area contributed by atoms with Gasteiger partial charge in [0, 0.05) is 38.7 Å². The maximum absolute atomic E-state index is 14.8. The number of ketones is 1. The van der Waals surface area contributed by atoms with Gasteiger partial charge in [0.05, 0.1) is 30.8 Å². The van der Waals surface area contributed by atoms with E-state index in [1.807, 2.05) is 20.8 Å². The van der Waals surface area contributed by atoms with Crippen LogP contribution in [-0.2, 0) is 47.5 Å². The molecule has 3 aliphatic carbocycles. The van der Waals surface area contributed by atoms with E-state index in [1.165, 1.54) is 5.57 Å². The van der Waals surface area contributed by atoms with Gasteiger partial charge >= 0.3 is 5.97 Å². The first-order valence-corrected chi connectivity index (χ1v) is 21.0. The van der Waals surface area contributed by atoms with Crippen molar-refractivity contribution in [2.24, 2.45) is 35.5 Å². The molecule has 0 radical (unpaired) electrons. The minimum Gasteiger partial charge on any atom is -0.462 e. The third kappa shape index (κ3) is 8.74. The summed E-state index contributed by atoms with van der Waals surface area (Å²) in [6.07, 6.45) is 8.61. The maximum Gasteiger partial charge on any atom is 0.306 e. The van der Waals surface area contributed by atoms with E-state index < -0.39 is 12.4 Å². The van der Waals surface area contributed by atoms with Crippen molar-refractivity contribution in [3.8, 4) is 0 Å². The number of carbonyl (C=O) groups is 2. The summed E-state index contributed by atoms with van der Waals surface area (Å²) in [6.45, 7) is 12.9. The molecule has 306 valence electrons. The lowest BCUT2D eigenvalue weighted by atomic mass is 9.67. The molecule has 17 atom stereocenters. The van der Waals surface area contributed by atoms with E-state index in [1.54, 1.807) is 14.2 Å². The van der Waals surface area contributed by atoms with Gasteiger partial charge in [-0.15, -0.1) is 0 Å². The summed E-state index contributed by atoms with van der Waals surface area (Å²) >= 11 is 0. The second-order valence-electron chi connectivity index (χ2n) is 17.2. The Morgan fingerprint density at radius 2 is 1.59 bits per heavy atom. The van der Waals surface area contributed by atoms with Gasteiger partial charge in [-0.2, -0.15) is 0 Å². The molecule has 11 nitrogen and oxygen atoms in total. The van der Waals surface area contributed by atoms with E-state index in [9.17, 15) is 9.59 Å². The molecule has 3 aliphatic heterocycles. The Balaban J connectivity index is 1.23. The number of nitrogens with zero attached hydrogens (tertiary/aromatic N) is 1. The van der Waals surface area contributed by atoms with Crippen molar-refractivity contribution in [2.45, 2.75) is 167 Å². The molecule has 1 unspecified atom stereocenters. The lowest BCUT2D eigenvalue weighted by molar-refractivity contribution is -0.317. The average molecular weight is 760 g/mol. The summed E-state index contributed by atoms with van der Waals surface area (Å²) in [4.78, 5) is 30.6. The lowest BCUT2D eigenvalue weighted by Gasteiger charge is -2.44. The molecule has 6 aliphatic rings. The van der Waals surface area contributed by atoms with Crippen LogP contribution in [0.4, 0.5) is 0 Å². The van der Waals surface area contributed by atoms with E-state index in [-0.39, 0.29) is 96.8 Å². The van der Waals surface area contributed by atoms with Crippen molar-refractivity contribution < 1.29 is 47.5 Å². The summed E-state index contributed by atoms with van der Waals surface area (Å²) in [5.41, 5.74) is 2.08. The molecular weight excluding hydrogens is 690 g/mol. The molecule has 0 aromatic carbocycles. The number of esters is 1. The molecule has 0 spiro atoms. The van der Waals surface area contributed by atoms with Gasteiger partial charge in [0.1, 0.15) is 24.4 Å². The van der Waals surface area contributed by atoms with Crippen molar-refractivity contribution >= 4 is 11.8 Å². The number of carbonyl (C=O) groups excluding carboxylic acids is 2. The second-order valence-corrected chi connectivity index (χ2v) is 17.2. The van der Waals surface area contributed by atoms with Crippen molar-refractivity contribution in [1.29, 1.82) is 0 Å². The van der Waals surface area contributed by atoms with Crippen LogP contribution < -0.4 is 0 Å². The van der Waals surface area contributed by atoms with E-state index in [0.717, 1.165) is 50.5 Å². The SMILES string of the molecule is CCO[C@@H]1C(OC)[C@H](C)O[C@@H](O[C@H]2C[C@H]3[C@@H]4C=C5C(=O)[C@H](C)[C@@H](O[C@H]6CC[C@H](N(C)C)[C@@H](C)O6)CCC[C@H](CC)OC(=O)C[C@H]5[C@@H]4C=C(C)[C@@H]3C2)[C@@H]1OC. The van der Waals surface area contributed by atoms with Gasteiger partial charge in [-0.25, -0.2) is 0 Å². The average Bonchev–Trinajstić information content (AvgIpc) is 3.71. The van der Waals surface area contributed by atoms with Crippen LogP contribution in [0.3, 0.4) is 0 Å². The van der Waals surface area contributed by atoms with Crippen LogP contribution in [0, 0.1) is 35.5 Å². The van der Waals surface area contributed by atoms with Crippen molar-refractivity contribution in [3.05, 3.63) is 23.3 Å². The molecule has 0 N–H and O–H groups in total. The first-order valence-electron chi connectivity index (χ1n) is 21.0. The third-order valence-electron chi connectivity index (χ3n) is 13.7. The Morgan fingerprint density at radius 1 is 0.833 bits per heavy atom. The lowest BCUT2D eigenvalue weighted by Crippen LogP contribution is -2.60. The summed E-state index contributed by atoms with van der Waals surface area (Å²) in [5.74, 6) is 0.00892. The number of cyclic esters (lactones) is 1. The van der Waals surface area contributed by atoms with E-state index >= 15 is 0 Å².